The van der Waals surface area contributed by atoms with E-state index in [0.29, 0.717) is 34.8 Å². The van der Waals surface area contributed by atoms with E-state index in [0.717, 1.165) is 21.9 Å². The van der Waals surface area contributed by atoms with Gasteiger partial charge in [0, 0.05) is 29.6 Å². The fraction of sp³-hybridized carbons (Fsp3) is 0.222. The SMILES string of the molecule is CCN=C([S-])N/N=C1\C(=N\NC([S-])=NCC)c2cccc3cccc1c23.[Cu+2]. The molecule has 1 radical (unpaired) electrons. The van der Waals surface area contributed by atoms with Crippen LogP contribution in [0, 0.1) is 0 Å². The van der Waals surface area contributed by atoms with Gasteiger partial charge < -0.3 is 25.3 Å². The Balaban J connectivity index is 0.00000261. The van der Waals surface area contributed by atoms with E-state index in [2.05, 4.69) is 43.2 Å². The van der Waals surface area contributed by atoms with Crippen molar-refractivity contribution in [1.82, 2.24) is 10.9 Å². The van der Waals surface area contributed by atoms with Crippen LogP contribution in [0.2, 0.25) is 0 Å². The Morgan fingerprint density at radius 3 is 1.67 bits per heavy atom. The Morgan fingerprint density at radius 2 is 1.26 bits per heavy atom. The molecule has 1 aliphatic carbocycles. The number of amidine groups is 2. The summed E-state index contributed by atoms with van der Waals surface area (Å²) in [4.78, 5) is 8.26. The fourth-order valence-electron chi connectivity index (χ4n) is 2.78. The van der Waals surface area contributed by atoms with E-state index >= 15 is 0 Å². The van der Waals surface area contributed by atoms with Crippen LogP contribution in [-0.4, -0.2) is 34.8 Å². The van der Waals surface area contributed by atoms with Gasteiger partial charge in [-0.05, 0) is 29.6 Å². The van der Waals surface area contributed by atoms with Crippen LogP contribution >= 0.6 is 0 Å². The molecule has 2 N–H and O–H groups in total. The molecule has 0 amide bonds. The smallest absolute Gasteiger partial charge is 0.741 e. The van der Waals surface area contributed by atoms with E-state index in [4.69, 9.17) is 25.3 Å². The number of hydrogen-bond acceptors (Lipinski definition) is 6. The zero-order chi connectivity index (χ0) is 18.5. The van der Waals surface area contributed by atoms with E-state index < -0.39 is 0 Å². The Labute approximate surface area is 180 Å². The molecule has 6 nitrogen and oxygen atoms in total. The van der Waals surface area contributed by atoms with Crippen molar-refractivity contribution in [3.63, 3.8) is 0 Å². The minimum atomic E-state index is 0. The summed E-state index contributed by atoms with van der Waals surface area (Å²) in [5, 5.41) is 11.9. The second kappa shape index (κ2) is 9.75. The van der Waals surface area contributed by atoms with Gasteiger partial charge in [0.15, 0.2) is 0 Å². The normalized spacial score (nSPS) is 16.7. The molecule has 2 aromatic carbocycles. The molecule has 2 aromatic rings. The van der Waals surface area contributed by atoms with Crippen LogP contribution in [0.25, 0.3) is 10.8 Å². The van der Waals surface area contributed by atoms with Crippen molar-refractivity contribution in [3.05, 3.63) is 47.5 Å². The maximum Gasteiger partial charge on any atom is 2.00 e. The van der Waals surface area contributed by atoms with Crippen LogP contribution in [0.5, 0.6) is 0 Å². The van der Waals surface area contributed by atoms with Gasteiger partial charge in [-0.25, -0.2) is 0 Å². The first kappa shape index (κ1) is 21.2. The minimum absolute atomic E-state index is 0. The molecule has 9 heteroatoms. The van der Waals surface area contributed by atoms with E-state index in [-0.39, 0.29) is 17.1 Å². The van der Waals surface area contributed by atoms with Gasteiger partial charge in [-0.1, -0.05) is 36.4 Å². The average molecular weight is 446 g/mol. The van der Waals surface area contributed by atoms with Crippen molar-refractivity contribution in [3.8, 4) is 0 Å². The topological polar surface area (TPSA) is 73.5 Å². The predicted molar refractivity (Wildman–Crippen MR) is 114 cm³/mol. The number of hydrazone groups is 2. The molecule has 0 aliphatic heterocycles. The van der Waals surface area contributed by atoms with Crippen LogP contribution in [0.1, 0.15) is 25.0 Å². The minimum Gasteiger partial charge on any atom is -0.741 e. The van der Waals surface area contributed by atoms with Crippen molar-refractivity contribution in [1.29, 1.82) is 0 Å². The largest absolute Gasteiger partial charge is 2.00 e. The Hall–Kier alpha value is -2.06. The van der Waals surface area contributed by atoms with Crippen molar-refractivity contribution in [2.24, 2.45) is 20.2 Å². The molecular formula is C18H18CuN6S2. The molecule has 3 rings (SSSR count). The molecular weight excluding hydrogens is 428 g/mol. The monoisotopic (exact) mass is 445 g/mol. The van der Waals surface area contributed by atoms with E-state index in [1.807, 2.05) is 38.1 Å². The molecule has 0 saturated carbocycles. The maximum atomic E-state index is 5.16. The first-order chi connectivity index (χ1) is 12.7. The zero-order valence-electron chi connectivity index (χ0n) is 14.8. The summed E-state index contributed by atoms with van der Waals surface area (Å²) in [5.74, 6) is 0. The molecule has 0 fully saturated rings. The third-order valence-corrected chi connectivity index (χ3v) is 4.21. The van der Waals surface area contributed by atoms with Crippen molar-refractivity contribution < 1.29 is 17.1 Å². The Morgan fingerprint density at radius 1 is 0.815 bits per heavy atom. The van der Waals surface area contributed by atoms with Gasteiger partial charge in [0.2, 0.25) is 0 Å². The summed E-state index contributed by atoms with van der Waals surface area (Å²) in [6.07, 6.45) is 0. The molecule has 0 bridgehead atoms. The predicted octanol–water partition coefficient (Wildman–Crippen LogP) is 2.28. The van der Waals surface area contributed by atoms with E-state index in [1.165, 1.54) is 0 Å². The molecule has 27 heavy (non-hydrogen) atoms. The Bertz CT molecular complexity index is 879. The second-order valence-corrected chi connectivity index (χ2v) is 6.19. The van der Waals surface area contributed by atoms with Gasteiger partial charge in [0.05, 0.1) is 0 Å². The van der Waals surface area contributed by atoms with Gasteiger partial charge in [0.1, 0.15) is 11.4 Å². The number of hydrogen-bond donors (Lipinski definition) is 2. The summed E-state index contributed by atoms with van der Waals surface area (Å²) in [5.41, 5.74) is 9.03. The zero-order valence-corrected chi connectivity index (χ0v) is 17.4. The van der Waals surface area contributed by atoms with Gasteiger partial charge in [-0.2, -0.15) is 10.2 Å². The van der Waals surface area contributed by atoms with Crippen LogP contribution in [0.3, 0.4) is 0 Å². The molecule has 1 aliphatic rings. The molecule has 0 unspecified atom stereocenters. The van der Waals surface area contributed by atoms with Crippen LogP contribution in [0.4, 0.5) is 0 Å². The van der Waals surface area contributed by atoms with Gasteiger partial charge in [-0.15, -0.1) is 0 Å². The number of benzene rings is 2. The number of nitrogens with one attached hydrogen (secondary N) is 2. The first-order valence-electron chi connectivity index (χ1n) is 8.28. The van der Waals surface area contributed by atoms with Gasteiger partial charge in [-0.3, -0.25) is 20.8 Å². The first-order valence-corrected chi connectivity index (χ1v) is 9.10. The van der Waals surface area contributed by atoms with E-state index in [1.54, 1.807) is 0 Å². The molecule has 0 aromatic heterocycles. The average Bonchev–Trinajstić information content (AvgIpc) is 2.94. The maximum absolute atomic E-state index is 5.16. The van der Waals surface area contributed by atoms with Gasteiger partial charge in [0.25, 0.3) is 0 Å². The summed E-state index contributed by atoms with van der Waals surface area (Å²) in [7, 11) is 0. The molecule has 0 saturated heterocycles. The fourth-order valence-corrected chi connectivity index (χ4v) is 3.13. The van der Waals surface area contributed by atoms with Crippen LogP contribution in [-0.2, 0) is 42.3 Å². The molecule has 0 spiro atoms. The summed E-state index contributed by atoms with van der Waals surface area (Å²) in [6.45, 7) is 5.04. The summed E-state index contributed by atoms with van der Waals surface area (Å²) < 4.78 is 0. The summed E-state index contributed by atoms with van der Waals surface area (Å²) >= 11 is 10.3. The standard InChI is InChI=1S/C18H20N6S2.Cu/c1-3-19-17(25)23-21-15-12-9-5-7-11-8-6-10-13(14(11)12)16(15)22-24-18(26)20-4-2;/h5-10H,3-4H2,1-2H3,(H2,19,23,25)(H2,20,24,26);/q;+2/p-2/b21-15-,22-16+;. The third-order valence-electron chi connectivity index (χ3n) is 3.77. The van der Waals surface area contributed by atoms with Crippen LogP contribution in [0.15, 0.2) is 56.6 Å². The third kappa shape index (κ3) is 4.62. The van der Waals surface area contributed by atoms with Crippen molar-refractivity contribution in [2.75, 3.05) is 13.1 Å². The quantitative estimate of drug-likeness (QED) is 0.249. The van der Waals surface area contributed by atoms with Crippen molar-refractivity contribution >= 4 is 57.8 Å². The Kier molecular flexibility index (Phi) is 7.67. The number of rotatable bonds is 4. The van der Waals surface area contributed by atoms with Crippen LogP contribution < -0.4 is 10.9 Å². The second-order valence-electron chi connectivity index (χ2n) is 5.41. The molecule has 0 heterocycles. The molecule has 143 valence electrons. The van der Waals surface area contributed by atoms with E-state index in [9.17, 15) is 0 Å². The number of nitrogens with zero attached hydrogens (tertiary/aromatic N) is 4. The van der Waals surface area contributed by atoms with Gasteiger partial charge >= 0.3 is 17.1 Å². The summed E-state index contributed by atoms with van der Waals surface area (Å²) in [6, 6.07) is 12.2. The van der Waals surface area contributed by atoms with Crippen molar-refractivity contribution in [2.45, 2.75) is 13.8 Å². The number of aliphatic imine (C=N–C) groups is 2. The molecule has 0 atom stereocenters.